The van der Waals surface area contributed by atoms with E-state index in [-0.39, 0.29) is 25.7 Å². The van der Waals surface area contributed by atoms with Gasteiger partial charge in [0.2, 0.25) is 0 Å². The number of unbranched alkanes of at least 4 members (excludes halogenated alkanes) is 30. The average molecular weight is 1300 g/mol. The van der Waals surface area contributed by atoms with Crippen molar-refractivity contribution < 1.29 is 80.2 Å². The number of carbonyl (C=O) groups excluding carboxylic acids is 4. The van der Waals surface area contributed by atoms with Crippen LogP contribution in [-0.4, -0.2) is 96.7 Å². The maximum Gasteiger partial charge on any atom is 0.472 e. The van der Waals surface area contributed by atoms with Crippen molar-refractivity contribution in [2.45, 2.75) is 356 Å². The third kappa shape index (κ3) is 60.3. The Balaban J connectivity index is 5.28. The lowest BCUT2D eigenvalue weighted by Crippen LogP contribution is -2.30. The minimum absolute atomic E-state index is 0.104. The van der Waals surface area contributed by atoms with Crippen LogP contribution in [0.5, 0.6) is 0 Å². The summed E-state index contributed by atoms with van der Waals surface area (Å²) in [5.41, 5.74) is 0. The standard InChI is InChI=1S/C69H134O17P2/c1-9-61(7)47-39-31-23-13-11-12-14-27-35-43-51-68(73)85-64(55-79-66(71)49-41-33-25-18-15-21-29-37-45-59(3)4)57-83-87(75,76)81-53-63(70)54-82-88(77,78)84-58-65(56-80-67(72)50-42-34-26-19-16-22-30-38-46-60(5)6)86-69(74)52-44-36-28-20-17-24-32-40-48-62(8)10-2/h59-65,70H,9-58H2,1-8H3,(H,75,76)(H,77,78)/t61?,62?,63?,64-,65-/m1/s1. The lowest BCUT2D eigenvalue weighted by atomic mass is 9.99. The summed E-state index contributed by atoms with van der Waals surface area (Å²) in [6.45, 7) is 14.1. The van der Waals surface area contributed by atoms with Gasteiger partial charge in [-0.25, -0.2) is 9.13 Å². The first-order valence-corrected chi connectivity index (χ1v) is 38.8. The van der Waals surface area contributed by atoms with Crippen LogP contribution in [0.15, 0.2) is 0 Å². The molecular weight excluding hydrogens is 1160 g/mol. The number of aliphatic hydroxyl groups excluding tert-OH is 1. The van der Waals surface area contributed by atoms with Gasteiger partial charge in [0.05, 0.1) is 26.4 Å². The quantitative estimate of drug-likeness (QED) is 0.0222. The van der Waals surface area contributed by atoms with Gasteiger partial charge < -0.3 is 33.8 Å². The van der Waals surface area contributed by atoms with E-state index in [1.807, 2.05) is 0 Å². The van der Waals surface area contributed by atoms with Crippen molar-refractivity contribution in [2.24, 2.45) is 23.7 Å². The molecule has 0 amide bonds. The van der Waals surface area contributed by atoms with Gasteiger partial charge in [-0.05, 0) is 49.4 Å². The Labute approximate surface area is 537 Å². The second-order valence-electron chi connectivity index (χ2n) is 26.4. The summed E-state index contributed by atoms with van der Waals surface area (Å²) < 4.78 is 68.2. The molecule has 88 heavy (non-hydrogen) atoms. The van der Waals surface area contributed by atoms with Crippen LogP contribution < -0.4 is 0 Å². The summed E-state index contributed by atoms with van der Waals surface area (Å²) in [4.78, 5) is 72.5. The van der Waals surface area contributed by atoms with Crippen LogP contribution in [0.4, 0.5) is 0 Å². The summed E-state index contributed by atoms with van der Waals surface area (Å²) in [5, 5.41) is 10.6. The fraction of sp³-hybridized carbons (Fsp3) is 0.942. The molecule has 0 aliphatic carbocycles. The molecule has 5 unspecified atom stereocenters. The topological polar surface area (TPSA) is 237 Å². The molecule has 522 valence electrons. The predicted molar refractivity (Wildman–Crippen MR) is 354 cm³/mol. The van der Waals surface area contributed by atoms with Crippen LogP contribution in [0, 0.1) is 23.7 Å². The monoisotopic (exact) mass is 1300 g/mol. The smallest absolute Gasteiger partial charge is 0.462 e. The number of ether oxygens (including phenoxy) is 4. The predicted octanol–water partition coefficient (Wildman–Crippen LogP) is 19.3. The lowest BCUT2D eigenvalue weighted by Gasteiger charge is -2.21. The molecule has 0 saturated carbocycles. The molecule has 17 nitrogen and oxygen atoms in total. The van der Waals surface area contributed by atoms with Crippen molar-refractivity contribution in [3.8, 4) is 0 Å². The van der Waals surface area contributed by atoms with Crippen LogP contribution in [0.2, 0.25) is 0 Å². The molecule has 0 radical (unpaired) electrons. The molecule has 7 atom stereocenters. The second kappa shape index (κ2) is 58.8. The highest BCUT2D eigenvalue weighted by molar-refractivity contribution is 7.47. The molecular formula is C69H134O17P2. The number of phosphoric acid groups is 2. The maximum atomic E-state index is 13.0. The van der Waals surface area contributed by atoms with Crippen molar-refractivity contribution >= 4 is 39.5 Å². The zero-order valence-corrected chi connectivity index (χ0v) is 59.1. The van der Waals surface area contributed by atoms with E-state index >= 15 is 0 Å². The van der Waals surface area contributed by atoms with Gasteiger partial charge in [-0.3, -0.25) is 37.3 Å². The van der Waals surface area contributed by atoms with Crippen molar-refractivity contribution in [1.82, 2.24) is 0 Å². The summed E-state index contributed by atoms with van der Waals surface area (Å²) in [6, 6.07) is 0. The Morgan fingerprint density at radius 2 is 0.545 bits per heavy atom. The van der Waals surface area contributed by atoms with Crippen molar-refractivity contribution in [1.29, 1.82) is 0 Å². The van der Waals surface area contributed by atoms with E-state index in [2.05, 4.69) is 55.4 Å². The zero-order valence-electron chi connectivity index (χ0n) is 57.3. The Hall–Kier alpha value is -1.94. The van der Waals surface area contributed by atoms with E-state index in [4.69, 9.17) is 37.0 Å². The number of carbonyl (C=O) groups is 4. The molecule has 3 N–H and O–H groups in total. The van der Waals surface area contributed by atoms with Gasteiger partial charge in [-0.15, -0.1) is 0 Å². The number of phosphoric ester groups is 2. The van der Waals surface area contributed by atoms with E-state index in [9.17, 15) is 43.2 Å². The fourth-order valence-corrected chi connectivity index (χ4v) is 11.8. The summed E-state index contributed by atoms with van der Waals surface area (Å²) in [6.07, 6.45) is 40.2. The summed E-state index contributed by atoms with van der Waals surface area (Å²) in [5.74, 6) is 0.893. The Morgan fingerprint density at radius 3 is 0.807 bits per heavy atom. The van der Waals surface area contributed by atoms with E-state index in [1.165, 1.54) is 141 Å². The third-order valence-electron chi connectivity index (χ3n) is 16.5. The van der Waals surface area contributed by atoms with Crippen molar-refractivity contribution in [3.63, 3.8) is 0 Å². The van der Waals surface area contributed by atoms with E-state index < -0.39 is 97.5 Å². The SMILES string of the molecule is CCC(C)CCCCCCCCCCCCC(=O)O[C@H](COC(=O)CCCCCCCCCCC(C)C)COP(=O)(O)OCC(O)COP(=O)(O)OC[C@@H](COC(=O)CCCCCCCCCCC(C)C)OC(=O)CCCCCCCCCCC(C)CC. The second-order valence-corrected chi connectivity index (χ2v) is 29.3. The normalized spacial score (nSPS) is 14.9. The van der Waals surface area contributed by atoms with Gasteiger partial charge in [0.25, 0.3) is 0 Å². The molecule has 0 saturated heterocycles. The average Bonchev–Trinajstić information content (AvgIpc) is 3.58. The Kier molecular flexibility index (Phi) is 57.6. The molecule has 0 aliphatic rings. The van der Waals surface area contributed by atoms with E-state index in [0.717, 1.165) is 114 Å². The van der Waals surface area contributed by atoms with E-state index in [1.54, 1.807) is 0 Å². The molecule has 0 aromatic carbocycles. The van der Waals surface area contributed by atoms with Crippen LogP contribution in [0.3, 0.4) is 0 Å². The molecule has 0 rings (SSSR count). The highest BCUT2D eigenvalue weighted by atomic mass is 31.2. The van der Waals surface area contributed by atoms with Gasteiger partial charge in [-0.1, -0.05) is 287 Å². The minimum Gasteiger partial charge on any atom is -0.462 e. The van der Waals surface area contributed by atoms with E-state index in [0.29, 0.717) is 25.7 Å². The van der Waals surface area contributed by atoms with Gasteiger partial charge >= 0.3 is 39.5 Å². The van der Waals surface area contributed by atoms with Gasteiger partial charge in [0.1, 0.15) is 19.3 Å². The molecule has 0 fully saturated rings. The zero-order chi connectivity index (χ0) is 65.4. The van der Waals surface area contributed by atoms with Gasteiger partial charge in [-0.2, -0.15) is 0 Å². The fourth-order valence-electron chi connectivity index (χ4n) is 10.2. The first-order chi connectivity index (χ1) is 42.2. The molecule has 0 heterocycles. The van der Waals surface area contributed by atoms with Crippen LogP contribution in [0.1, 0.15) is 338 Å². The largest absolute Gasteiger partial charge is 0.472 e. The minimum atomic E-state index is -4.95. The molecule has 0 spiro atoms. The highest BCUT2D eigenvalue weighted by Crippen LogP contribution is 2.45. The summed E-state index contributed by atoms with van der Waals surface area (Å²) >= 11 is 0. The Bertz CT molecular complexity index is 1750. The van der Waals surface area contributed by atoms with Gasteiger partial charge in [0, 0.05) is 25.7 Å². The molecule has 0 aromatic heterocycles. The molecule has 0 aliphatic heterocycles. The van der Waals surface area contributed by atoms with Crippen LogP contribution in [0.25, 0.3) is 0 Å². The maximum absolute atomic E-state index is 13.0. The third-order valence-corrected chi connectivity index (χ3v) is 18.4. The van der Waals surface area contributed by atoms with Gasteiger partial charge in [0.15, 0.2) is 12.2 Å². The first kappa shape index (κ1) is 86.1. The summed E-state index contributed by atoms with van der Waals surface area (Å²) in [7, 11) is -9.90. The molecule has 0 bridgehead atoms. The number of aliphatic hydroxyl groups is 1. The molecule has 19 heteroatoms. The lowest BCUT2D eigenvalue weighted by molar-refractivity contribution is -0.161. The number of hydrogen-bond acceptors (Lipinski definition) is 15. The number of rotatable bonds is 66. The van der Waals surface area contributed by atoms with Crippen molar-refractivity contribution in [2.75, 3.05) is 39.6 Å². The van der Waals surface area contributed by atoms with Crippen LogP contribution in [-0.2, 0) is 65.4 Å². The number of hydrogen-bond donors (Lipinski definition) is 3. The Morgan fingerprint density at radius 1 is 0.318 bits per heavy atom. The number of esters is 4. The molecule has 0 aromatic rings. The first-order valence-electron chi connectivity index (χ1n) is 35.8. The highest BCUT2D eigenvalue weighted by Gasteiger charge is 2.30. The van der Waals surface area contributed by atoms with Crippen molar-refractivity contribution in [3.05, 3.63) is 0 Å². The van der Waals surface area contributed by atoms with Crippen LogP contribution >= 0.6 is 15.6 Å².